The molecule has 0 spiro atoms. The van der Waals surface area contributed by atoms with Crippen molar-refractivity contribution < 1.29 is 14.0 Å². The van der Waals surface area contributed by atoms with Crippen molar-refractivity contribution in [1.29, 1.82) is 0 Å². The zero-order valence-electron chi connectivity index (χ0n) is 15.7. The maximum atomic E-state index is 13.3. The molecule has 0 radical (unpaired) electrons. The van der Waals surface area contributed by atoms with Crippen LogP contribution < -0.4 is 0 Å². The summed E-state index contributed by atoms with van der Waals surface area (Å²) in [5.41, 5.74) is 3.86. The third kappa shape index (κ3) is 4.04. The van der Waals surface area contributed by atoms with Gasteiger partial charge >= 0.3 is 0 Å². The van der Waals surface area contributed by atoms with Crippen molar-refractivity contribution in [2.75, 3.05) is 19.7 Å². The lowest BCUT2D eigenvalue weighted by molar-refractivity contribution is -0.140. The summed E-state index contributed by atoms with van der Waals surface area (Å²) in [6.07, 6.45) is 2.06. The number of piperidine rings is 1. The Kier molecular flexibility index (Phi) is 5.23. The number of carbonyl (C=O) groups is 1. The molecule has 0 N–H and O–H groups in total. The number of nitrogens with zero attached hydrogens (tertiary/aromatic N) is 2. The fourth-order valence-corrected chi connectivity index (χ4v) is 4.02. The molecule has 0 unspecified atom stereocenters. The Labute approximate surface area is 159 Å². The van der Waals surface area contributed by atoms with Crippen LogP contribution in [-0.2, 0) is 17.9 Å². The molecule has 5 heteroatoms. The Hall–Kier alpha value is -2.24. The highest BCUT2D eigenvalue weighted by Gasteiger charge is 2.30. The normalized spacial score (nSPS) is 18.1. The van der Waals surface area contributed by atoms with Gasteiger partial charge < -0.3 is 0 Å². The minimum Gasteiger partial charge on any atom is -0.299 e. The van der Waals surface area contributed by atoms with Gasteiger partial charge in [-0.1, -0.05) is 30.3 Å². The standard InChI is InChI=1S/C22H25FN2O2/c1-16-4-2-6-19-14-25(22(26)21(16)19)27-15-17-8-10-24(11-9-17)13-18-5-3-7-20(23)12-18/h2-7,12,17H,8-11,13-15H2,1H3. The van der Waals surface area contributed by atoms with Crippen LogP contribution in [0.4, 0.5) is 4.39 Å². The number of rotatable bonds is 5. The monoisotopic (exact) mass is 368 g/mol. The lowest BCUT2D eigenvalue weighted by Gasteiger charge is -2.32. The van der Waals surface area contributed by atoms with Crippen LogP contribution in [0.1, 0.15) is 39.9 Å². The van der Waals surface area contributed by atoms with Gasteiger partial charge in [0.05, 0.1) is 13.2 Å². The summed E-state index contributed by atoms with van der Waals surface area (Å²) in [6, 6.07) is 12.8. The average molecular weight is 368 g/mol. The predicted molar refractivity (Wildman–Crippen MR) is 101 cm³/mol. The van der Waals surface area contributed by atoms with E-state index >= 15 is 0 Å². The lowest BCUT2D eigenvalue weighted by Crippen LogP contribution is -2.36. The van der Waals surface area contributed by atoms with E-state index < -0.39 is 0 Å². The number of hydrogen-bond donors (Lipinski definition) is 0. The molecule has 4 rings (SSSR count). The van der Waals surface area contributed by atoms with E-state index in [2.05, 4.69) is 4.90 Å². The first-order valence-corrected chi connectivity index (χ1v) is 9.60. The number of aryl methyl sites for hydroxylation is 1. The number of fused-ring (bicyclic) bond motifs is 1. The zero-order chi connectivity index (χ0) is 18.8. The van der Waals surface area contributed by atoms with E-state index in [1.807, 2.05) is 31.2 Å². The Bertz CT molecular complexity index is 831. The Morgan fingerprint density at radius 1 is 1.15 bits per heavy atom. The van der Waals surface area contributed by atoms with Gasteiger partial charge in [-0.2, -0.15) is 0 Å². The summed E-state index contributed by atoms with van der Waals surface area (Å²) in [6.45, 7) is 5.80. The van der Waals surface area contributed by atoms with E-state index in [1.165, 1.54) is 11.1 Å². The number of likely N-dealkylation sites (tertiary alicyclic amines) is 1. The van der Waals surface area contributed by atoms with Crippen molar-refractivity contribution in [3.05, 3.63) is 70.5 Å². The summed E-state index contributed by atoms with van der Waals surface area (Å²) in [5, 5.41) is 1.51. The molecule has 0 saturated carbocycles. The first-order valence-electron chi connectivity index (χ1n) is 9.60. The van der Waals surface area contributed by atoms with Crippen molar-refractivity contribution in [2.24, 2.45) is 5.92 Å². The summed E-state index contributed by atoms with van der Waals surface area (Å²) in [5.74, 6) is 0.250. The molecule has 142 valence electrons. The molecule has 2 aromatic carbocycles. The number of amides is 1. The number of benzene rings is 2. The minimum atomic E-state index is -0.178. The van der Waals surface area contributed by atoms with Crippen LogP contribution in [-0.4, -0.2) is 35.6 Å². The second-order valence-electron chi connectivity index (χ2n) is 7.60. The van der Waals surface area contributed by atoms with E-state index in [1.54, 1.807) is 12.1 Å². The third-order valence-electron chi connectivity index (χ3n) is 5.58. The van der Waals surface area contributed by atoms with Gasteiger partial charge in [-0.15, -0.1) is 0 Å². The second-order valence-corrected chi connectivity index (χ2v) is 7.60. The van der Waals surface area contributed by atoms with Crippen LogP contribution >= 0.6 is 0 Å². The molecule has 2 aromatic rings. The first kappa shape index (κ1) is 18.1. The summed E-state index contributed by atoms with van der Waals surface area (Å²) >= 11 is 0. The fraction of sp³-hybridized carbons (Fsp3) is 0.409. The second kappa shape index (κ2) is 7.79. The molecule has 4 nitrogen and oxygen atoms in total. The molecule has 1 amide bonds. The van der Waals surface area contributed by atoms with Crippen molar-refractivity contribution in [2.45, 2.75) is 32.9 Å². The molecule has 1 saturated heterocycles. The van der Waals surface area contributed by atoms with Gasteiger partial charge in [0.2, 0.25) is 0 Å². The van der Waals surface area contributed by atoms with E-state index in [-0.39, 0.29) is 11.7 Å². The van der Waals surface area contributed by atoms with Crippen LogP contribution in [0, 0.1) is 18.7 Å². The zero-order valence-corrected chi connectivity index (χ0v) is 15.7. The molecule has 0 bridgehead atoms. The first-order chi connectivity index (χ1) is 13.1. The third-order valence-corrected chi connectivity index (χ3v) is 5.58. The number of halogens is 1. The smallest absolute Gasteiger partial charge is 0.278 e. The van der Waals surface area contributed by atoms with Gasteiger partial charge in [0.25, 0.3) is 5.91 Å². The maximum Gasteiger partial charge on any atom is 0.278 e. The predicted octanol–water partition coefficient (Wildman–Crippen LogP) is 3.93. The number of hydroxylamine groups is 2. The van der Waals surface area contributed by atoms with Gasteiger partial charge in [-0.25, -0.2) is 9.45 Å². The van der Waals surface area contributed by atoms with Gasteiger partial charge in [-0.05, 0) is 67.6 Å². The van der Waals surface area contributed by atoms with Gasteiger partial charge in [0, 0.05) is 12.1 Å². The molecule has 0 aromatic heterocycles. The molecule has 1 fully saturated rings. The van der Waals surface area contributed by atoms with Crippen LogP contribution in [0.3, 0.4) is 0 Å². The van der Waals surface area contributed by atoms with Crippen molar-refractivity contribution >= 4 is 5.91 Å². The summed E-state index contributed by atoms with van der Waals surface area (Å²) < 4.78 is 13.3. The van der Waals surface area contributed by atoms with Crippen LogP contribution in [0.25, 0.3) is 0 Å². The van der Waals surface area contributed by atoms with Crippen molar-refractivity contribution in [3.8, 4) is 0 Å². The SMILES string of the molecule is Cc1cccc2c1C(=O)N(OCC1CCN(Cc3cccc(F)c3)CC1)C2. The Morgan fingerprint density at radius 2 is 1.93 bits per heavy atom. The molecule has 0 aliphatic carbocycles. The van der Waals surface area contributed by atoms with Gasteiger partial charge in [0.15, 0.2) is 0 Å². The quantitative estimate of drug-likeness (QED) is 0.802. The van der Waals surface area contributed by atoms with Gasteiger partial charge in [0.1, 0.15) is 5.82 Å². The summed E-state index contributed by atoms with van der Waals surface area (Å²) in [7, 11) is 0. The van der Waals surface area contributed by atoms with E-state index in [0.717, 1.165) is 54.7 Å². The fourth-order valence-electron chi connectivity index (χ4n) is 4.02. The average Bonchev–Trinajstić information content (AvgIpc) is 2.98. The maximum absolute atomic E-state index is 13.3. The van der Waals surface area contributed by atoms with E-state index in [4.69, 9.17) is 4.84 Å². The molecule has 0 atom stereocenters. The van der Waals surface area contributed by atoms with Crippen molar-refractivity contribution in [3.63, 3.8) is 0 Å². The number of carbonyl (C=O) groups excluding carboxylic acids is 1. The Balaban J connectivity index is 1.25. The lowest BCUT2D eigenvalue weighted by atomic mass is 9.97. The molecule has 2 heterocycles. The molecular weight excluding hydrogens is 343 g/mol. The Morgan fingerprint density at radius 3 is 2.67 bits per heavy atom. The largest absolute Gasteiger partial charge is 0.299 e. The van der Waals surface area contributed by atoms with Crippen molar-refractivity contribution in [1.82, 2.24) is 9.96 Å². The highest BCUT2D eigenvalue weighted by molar-refractivity contribution is 5.98. The van der Waals surface area contributed by atoms with Crippen LogP contribution in [0.15, 0.2) is 42.5 Å². The topological polar surface area (TPSA) is 32.8 Å². The highest BCUT2D eigenvalue weighted by Crippen LogP contribution is 2.27. The summed E-state index contributed by atoms with van der Waals surface area (Å²) in [4.78, 5) is 20.8. The van der Waals surface area contributed by atoms with Crippen LogP contribution in [0.5, 0.6) is 0 Å². The molecule has 2 aliphatic heterocycles. The van der Waals surface area contributed by atoms with E-state index in [9.17, 15) is 9.18 Å². The van der Waals surface area contributed by atoms with Crippen LogP contribution in [0.2, 0.25) is 0 Å². The highest BCUT2D eigenvalue weighted by atomic mass is 19.1. The number of hydrogen-bond acceptors (Lipinski definition) is 3. The van der Waals surface area contributed by atoms with E-state index in [0.29, 0.717) is 19.1 Å². The minimum absolute atomic E-state index is 0.0216. The molecule has 27 heavy (non-hydrogen) atoms. The molecular formula is C22H25FN2O2. The van der Waals surface area contributed by atoms with Gasteiger partial charge in [-0.3, -0.25) is 14.5 Å². The molecule has 2 aliphatic rings.